The lowest BCUT2D eigenvalue weighted by molar-refractivity contribution is 0.0572. The van der Waals surface area contributed by atoms with Gasteiger partial charge in [-0.2, -0.15) is 0 Å². The lowest BCUT2D eigenvalue weighted by Gasteiger charge is -2.18. The van der Waals surface area contributed by atoms with Gasteiger partial charge in [0.1, 0.15) is 0 Å². The Labute approximate surface area is 109 Å². The summed E-state index contributed by atoms with van der Waals surface area (Å²) >= 11 is 0. The number of aliphatic hydroxyl groups is 2. The number of β-amino-alcohol motifs (C(OH)–C–C–N with tert-alkyl or cyclic N) is 2. The van der Waals surface area contributed by atoms with Gasteiger partial charge in [0.05, 0.1) is 12.2 Å². The first-order valence-corrected chi connectivity index (χ1v) is 6.24. The molecule has 1 aliphatic rings. The van der Waals surface area contributed by atoms with Gasteiger partial charge in [0.25, 0.3) is 0 Å². The van der Waals surface area contributed by atoms with Crippen LogP contribution in [0.25, 0.3) is 0 Å². The van der Waals surface area contributed by atoms with E-state index in [9.17, 15) is 19.0 Å². The molecule has 0 bridgehead atoms. The van der Waals surface area contributed by atoms with Crippen LogP contribution in [0, 0.1) is 11.6 Å². The normalized spacial score (nSPS) is 22.9. The molecule has 0 amide bonds. The van der Waals surface area contributed by atoms with E-state index in [1.807, 2.05) is 6.92 Å². The maximum absolute atomic E-state index is 13.7. The number of hydrogen-bond donors (Lipinski definition) is 3. The molecule has 0 saturated carbocycles. The van der Waals surface area contributed by atoms with Gasteiger partial charge in [0.2, 0.25) is 0 Å². The molecule has 1 saturated heterocycles. The van der Waals surface area contributed by atoms with E-state index in [1.165, 1.54) is 4.90 Å². The zero-order valence-electron chi connectivity index (χ0n) is 10.6. The Morgan fingerprint density at radius 1 is 1.32 bits per heavy atom. The van der Waals surface area contributed by atoms with Crippen molar-refractivity contribution in [2.24, 2.45) is 0 Å². The van der Waals surface area contributed by atoms with E-state index in [2.05, 4.69) is 10.3 Å². The summed E-state index contributed by atoms with van der Waals surface area (Å²) in [5, 5.41) is 21.7. The molecule has 1 aromatic rings. The van der Waals surface area contributed by atoms with Crippen LogP contribution in [-0.4, -0.2) is 47.0 Å². The summed E-state index contributed by atoms with van der Waals surface area (Å²) in [5.74, 6) is -1.64. The maximum Gasteiger partial charge on any atom is 0.168 e. The van der Waals surface area contributed by atoms with Crippen molar-refractivity contribution in [1.29, 1.82) is 0 Å². The highest BCUT2D eigenvalue weighted by molar-refractivity contribution is 5.50. The third kappa shape index (κ3) is 2.93. The van der Waals surface area contributed by atoms with Crippen molar-refractivity contribution in [3.05, 3.63) is 17.7 Å². The molecule has 2 atom stereocenters. The predicted molar refractivity (Wildman–Crippen MR) is 67.2 cm³/mol. The zero-order valence-corrected chi connectivity index (χ0v) is 10.6. The summed E-state index contributed by atoms with van der Waals surface area (Å²) in [6.45, 7) is 2.59. The molecule has 5 nitrogen and oxygen atoms in total. The summed E-state index contributed by atoms with van der Waals surface area (Å²) in [7, 11) is 0. The van der Waals surface area contributed by atoms with Crippen LogP contribution < -0.4 is 10.2 Å². The third-order valence-electron chi connectivity index (χ3n) is 3.01. The monoisotopic (exact) mass is 273 g/mol. The first-order chi connectivity index (χ1) is 9.02. The number of aliphatic hydroxyl groups excluding tert-OH is 2. The molecule has 1 aliphatic heterocycles. The fraction of sp³-hybridized carbons (Fsp3) is 0.583. The summed E-state index contributed by atoms with van der Waals surface area (Å²) in [5.41, 5.74) is 0. The molecule has 106 valence electrons. The minimum Gasteiger partial charge on any atom is -0.389 e. The van der Waals surface area contributed by atoms with E-state index in [0.717, 1.165) is 12.5 Å². The smallest absolute Gasteiger partial charge is 0.168 e. The van der Waals surface area contributed by atoms with Crippen LogP contribution in [0.4, 0.5) is 20.4 Å². The number of anilines is 2. The largest absolute Gasteiger partial charge is 0.389 e. The number of pyridine rings is 1. The average Bonchev–Trinajstić information content (AvgIpc) is 2.68. The highest BCUT2D eigenvalue weighted by atomic mass is 19.1. The Morgan fingerprint density at radius 3 is 2.53 bits per heavy atom. The van der Waals surface area contributed by atoms with E-state index < -0.39 is 23.8 Å². The van der Waals surface area contributed by atoms with E-state index in [4.69, 9.17) is 0 Å². The molecule has 0 radical (unpaired) electrons. The van der Waals surface area contributed by atoms with Crippen molar-refractivity contribution >= 4 is 11.6 Å². The fourth-order valence-corrected chi connectivity index (χ4v) is 1.99. The molecular weight excluding hydrogens is 256 g/mol. The van der Waals surface area contributed by atoms with E-state index >= 15 is 0 Å². The molecule has 0 aromatic carbocycles. The SMILES string of the molecule is CCCNc1nc(N2CC(O)C(O)C2)c(F)cc1F. The molecule has 19 heavy (non-hydrogen) atoms. The first kappa shape index (κ1) is 14.0. The lowest BCUT2D eigenvalue weighted by Crippen LogP contribution is -2.24. The highest BCUT2D eigenvalue weighted by Gasteiger charge is 2.32. The van der Waals surface area contributed by atoms with Gasteiger partial charge in [0, 0.05) is 25.7 Å². The predicted octanol–water partition coefficient (Wildman–Crippen LogP) is 0.723. The number of aromatic nitrogens is 1. The molecule has 2 heterocycles. The molecule has 1 fully saturated rings. The minimum atomic E-state index is -0.946. The van der Waals surface area contributed by atoms with Crippen molar-refractivity contribution in [1.82, 2.24) is 4.98 Å². The van der Waals surface area contributed by atoms with Gasteiger partial charge < -0.3 is 20.4 Å². The summed E-state index contributed by atoms with van der Waals surface area (Å²) in [6.07, 6.45) is -1.11. The number of halogens is 2. The quantitative estimate of drug-likeness (QED) is 0.754. The van der Waals surface area contributed by atoms with Gasteiger partial charge >= 0.3 is 0 Å². The Kier molecular flexibility index (Phi) is 4.16. The molecular formula is C12H17F2N3O2. The minimum absolute atomic E-state index is 0.0193. The van der Waals surface area contributed by atoms with E-state index in [1.54, 1.807) is 0 Å². The molecule has 2 unspecified atom stereocenters. The molecule has 2 rings (SSSR count). The second-order valence-electron chi connectivity index (χ2n) is 4.59. The van der Waals surface area contributed by atoms with E-state index in [0.29, 0.717) is 6.54 Å². The van der Waals surface area contributed by atoms with Gasteiger partial charge in [-0.05, 0) is 6.42 Å². The Hall–Kier alpha value is -1.47. The van der Waals surface area contributed by atoms with Crippen LogP contribution in [0.3, 0.4) is 0 Å². The second-order valence-corrected chi connectivity index (χ2v) is 4.59. The van der Waals surface area contributed by atoms with Gasteiger partial charge in [-0.15, -0.1) is 0 Å². The third-order valence-corrected chi connectivity index (χ3v) is 3.01. The van der Waals surface area contributed by atoms with Crippen molar-refractivity contribution in [3.63, 3.8) is 0 Å². The first-order valence-electron chi connectivity index (χ1n) is 6.24. The Morgan fingerprint density at radius 2 is 1.95 bits per heavy atom. The van der Waals surface area contributed by atoms with Crippen LogP contribution >= 0.6 is 0 Å². The van der Waals surface area contributed by atoms with Crippen LogP contribution in [-0.2, 0) is 0 Å². The van der Waals surface area contributed by atoms with Gasteiger partial charge in [0.15, 0.2) is 23.3 Å². The fourth-order valence-electron chi connectivity index (χ4n) is 1.99. The van der Waals surface area contributed by atoms with Gasteiger partial charge in [-0.1, -0.05) is 6.92 Å². The number of rotatable bonds is 4. The number of hydrogen-bond acceptors (Lipinski definition) is 5. The van der Waals surface area contributed by atoms with Crippen LogP contribution in [0.2, 0.25) is 0 Å². The van der Waals surface area contributed by atoms with Crippen LogP contribution in [0.5, 0.6) is 0 Å². The van der Waals surface area contributed by atoms with Crippen molar-refractivity contribution < 1.29 is 19.0 Å². The van der Waals surface area contributed by atoms with Gasteiger partial charge in [-0.3, -0.25) is 0 Å². The number of nitrogens with one attached hydrogen (secondary N) is 1. The molecule has 1 aromatic heterocycles. The molecule has 7 heteroatoms. The van der Waals surface area contributed by atoms with Crippen molar-refractivity contribution in [3.8, 4) is 0 Å². The lowest BCUT2D eigenvalue weighted by atomic mass is 10.3. The molecule has 3 N–H and O–H groups in total. The number of nitrogens with zero attached hydrogens (tertiary/aromatic N) is 2. The standard InChI is InChI=1S/C12H17F2N3O2/c1-2-3-15-11-7(13)4-8(14)12(16-11)17-5-9(18)10(19)6-17/h4,9-10,18-19H,2-3,5-6H2,1H3,(H,15,16). The maximum atomic E-state index is 13.7. The summed E-state index contributed by atoms with van der Waals surface area (Å²) in [6, 6.07) is 0.761. The molecule has 0 spiro atoms. The van der Waals surface area contributed by atoms with Crippen LogP contribution in [0.15, 0.2) is 6.07 Å². The van der Waals surface area contributed by atoms with Crippen molar-refractivity contribution in [2.45, 2.75) is 25.6 Å². The molecule has 0 aliphatic carbocycles. The Balaban J connectivity index is 2.25. The van der Waals surface area contributed by atoms with Gasteiger partial charge in [-0.25, -0.2) is 13.8 Å². The van der Waals surface area contributed by atoms with Crippen LogP contribution in [0.1, 0.15) is 13.3 Å². The topological polar surface area (TPSA) is 68.6 Å². The van der Waals surface area contributed by atoms with E-state index in [-0.39, 0.29) is 24.7 Å². The average molecular weight is 273 g/mol. The van der Waals surface area contributed by atoms with Crippen molar-refractivity contribution in [2.75, 3.05) is 29.9 Å². The second kappa shape index (κ2) is 5.66. The highest BCUT2D eigenvalue weighted by Crippen LogP contribution is 2.25. The summed E-state index contributed by atoms with van der Waals surface area (Å²) < 4.78 is 27.2. The zero-order chi connectivity index (χ0) is 14.0. The Bertz CT molecular complexity index is 449. The summed E-state index contributed by atoms with van der Waals surface area (Å²) in [4.78, 5) is 5.31.